The molecule has 2 N–H and O–H groups in total. The largest absolute Gasteiger partial charge is 0.392 e. The summed E-state index contributed by atoms with van der Waals surface area (Å²) in [6, 6.07) is 0. The van der Waals surface area contributed by atoms with Gasteiger partial charge in [-0.05, 0) is 32.1 Å². The van der Waals surface area contributed by atoms with Gasteiger partial charge in [-0.2, -0.15) is 0 Å². The summed E-state index contributed by atoms with van der Waals surface area (Å²) >= 11 is 0. The summed E-state index contributed by atoms with van der Waals surface area (Å²) in [5.41, 5.74) is 1.25. The van der Waals surface area contributed by atoms with Crippen LogP contribution in [0.1, 0.15) is 39.0 Å². The van der Waals surface area contributed by atoms with Crippen molar-refractivity contribution in [3.05, 3.63) is 11.6 Å². The van der Waals surface area contributed by atoms with Crippen LogP contribution in [0.4, 0.5) is 0 Å². The highest BCUT2D eigenvalue weighted by Crippen LogP contribution is 2.47. The van der Waals surface area contributed by atoms with Crippen LogP contribution in [0.5, 0.6) is 0 Å². The predicted molar refractivity (Wildman–Crippen MR) is 51.3 cm³/mol. The average molecular weight is 182 g/mol. The van der Waals surface area contributed by atoms with Gasteiger partial charge in [-0.1, -0.05) is 18.6 Å². The summed E-state index contributed by atoms with van der Waals surface area (Å²) in [5.74, 6) is 0. The van der Waals surface area contributed by atoms with Crippen LogP contribution in [-0.2, 0) is 0 Å². The Hall–Kier alpha value is -0.340. The van der Waals surface area contributed by atoms with Gasteiger partial charge in [0.05, 0.1) is 12.2 Å². The summed E-state index contributed by atoms with van der Waals surface area (Å²) in [6.07, 6.45) is 6.28. The van der Waals surface area contributed by atoms with Crippen molar-refractivity contribution < 1.29 is 10.2 Å². The quantitative estimate of drug-likeness (QED) is 0.559. The number of hydrogen-bond donors (Lipinski definition) is 2. The molecule has 3 unspecified atom stereocenters. The first-order valence-corrected chi connectivity index (χ1v) is 5.20. The van der Waals surface area contributed by atoms with Crippen molar-refractivity contribution in [2.75, 3.05) is 0 Å². The Labute approximate surface area is 79.3 Å². The topological polar surface area (TPSA) is 40.5 Å². The zero-order valence-corrected chi connectivity index (χ0v) is 8.16. The van der Waals surface area contributed by atoms with Crippen LogP contribution in [0.3, 0.4) is 0 Å². The van der Waals surface area contributed by atoms with Crippen LogP contribution < -0.4 is 0 Å². The van der Waals surface area contributed by atoms with Crippen molar-refractivity contribution in [1.29, 1.82) is 0 Å². The fraction of sp³-hybridized carbons (Fsp3) is 0.818. The van der Waals surface area contributed by atoms with E-state index in [0.29, 0.717) is 0 Å². The average Bonchev–Trinajstić information content (AvgIpc) is 2.09. The minimum Gasteiger partial charge on any atom is -0.392 e. The molecule has 2 aliphatic rings. The smallest absolute Gasteiger partial charge is 0.0724 e. The fourth-order valence-corrected chi connectivity index (χ4v) is 2.67. The van der Waals surface area contributed by atoms with E-state index in [-0.39, 0.29) is 17.6 Å². The predicted octanol–water partition coefficient (Wildman–Crippen LogP) is 1.62. The second kappa shape index (κ2) is 3.10. The molecule has 0 aromatic carbocycles. The highest BCUT2D eigenvalue weighted by Gasteiger charge is 2.41. The number of aliphatic hydroxyl groups is 2. The van der Waals surface area contributed by atoms with Crippen LogP contribution in [-0.4, -0.2) is 22.4 Å². The number of hydrogen-bond acceptors (Lipinski definition) is 2. The molecule has 0 aromatic heterocycles. The van der Waals surface area contributed by atoms with E-state index in [4.69, 9.17) is 0 Å². The molecule has 13 heavy (non-hydrogen) atoms. The molecular weight excluding hydrogens is 164 g/mol. The van der Waals surface area contributed by atoms with Gasteiger partial charge in [0.25, 0.3) is 0 Å². The van der Waals surface area contributed by atoms with Crippen LogP contribution in [0.15, 0.2) is 11.6 Å². The third-order valence-electron chi connectivity index (χ3n) is 3.75. The van der Waals surface area contributed by atoms with E-state index < -0.39 is 0 Å². The summed E-state index contributed by atoms with van der Waals surface area (Å²) in [7, 11) is 0. The fourth-order valence-electron chi connectivity index (χ4n) is 2.67. The first-order chi connectivity index (χ1) is 6.13. The molecular formula is C11H18O2. The van der Waals surface area contributed by atoms with E-state index >= 15 is 0 Å². The van der Waals surface area contributed by atoms with Crippen molar-refractivity contribution in [2.24, 2.45) is 5.41 Å². The van der Waals surface area contributed by atoms with E-state index in [1.807, 2.05) is 6.08 Å². The molecule has 1 saturated carbocycles. The molecule has 0 spiro atoms. The number of rotatable bonds is 0. The third kappa shape index (κ3) is 1.42. The molecule has 0 heterocycles. The summed E-state index contributed by atoms with van der Waals surface area (Å²) in [5, 5.41) is 19.4. The zero-order chi connectivity index (χ0) is 9.47. The van der Waals surface area contributed by atoms with Gasteiger partial charge < -0.3 is 10.2 Å². The number of fused-ring (bicyclic) bond motifs is 1. The van der Waals surface area contributed by atoms with Gasteiger partial charge in [0.1, 0.15) is 0 Å². The molecule has 0 radical (unpaired) electrons. The third-order valence-corrected chi connectivity index (χ3v) is 3.75. The maximum absolute atomic E-state index is 9.93. The van der Waals surface area contributed by atoms with Gasteiger partial charge in [-0.25, -0.2) is 0 Å². The molecule has 74 valence electrons. The Bertz CT molecular complexity index is 234. The van der Waals surface area contributed by atoms with Crippen molar-refractivity contribution in [3.8, 4) is 0 Å². The van der Waals surface area contributed by atoms with Gasteiger partial charge in [0, 0.05) is 5.41 Å². The minimum atomic E-state index is -0.270. The molecule has 1 fully saturated rings. The van der Waals surface area contributed by atoms with E-state index in [1.165, 1.54) is 5.57 Å². The first kappa shape index (κ1) is 9.22. The lowest BCUT2D eigenvalue weighted by molar-refractivity contribution is 0.0145. The van der Waals surface area contributed by atoms with E-state index in [2.05, 4.69) is 6.92 Å². The molecule has 2 nitrogen and oxygen atoms in total. The summed E-state index contributed by atoms with van der Waals surface area (Å²) < 4.78 is 0. The van der Waals surface area contributed by atoms with Gasteiger partial charge in [-0.3, -0.25) is 0 Å². The van der Waals surface area contributed by atoms with Crippen molar-refractivity contribution in [2.45, 2.75) is 51.2 Å². The highest BCUT2D eigenvalue weighted by atomic mass is 16.3. The minimum absolute atomic E-state index is 0.0303. The van der Waals surface area contributed by atoms with Crippen LogP contribution in [0.25, 0.3) is 0 Å². The Morgan fingerprint density at radius 1 is 1.38 bits per heavy atom. The Morgan fingerprint density at radius 3 is 2.92 bits per heavy atom. The van der Waals surface area contributed by atoms with Crippen LogP contribution >= 0.6 is 0 Å². The van der Waals surface area contributed by atoms with Crippen molar-refractivity contribution in [3.63, 3.8) is 0 Å². The molecule has 0 aromatic rings. The second-order valence-electron chi connectivity index (χ2n) is 4.62. The van der Waals surface area contributed by atoms with Crippen LogP contribution in [0.2, 0.25) is 0 Å². The molecule has 0 bridgehead atoms. The molecule has 2 aliphatic carbocycles. The van der Waals surface area contributed by atoms with E-state index in [1.54, 1.807) is 0 Å². The lowest BCUT2D eigenvalue weighted by Gasteiger charge is -2.44. The zero-order valence-electron chi connectivity index (χ0n) is 8.16. The Balaban J connectivity index is 2.29. The summed E-state index contributed by atoms with van der Waals surface area (Å²) in [4.78, 5) is 0. The van der Waals surface area contributed by atoms with Crippen LogP contribution in [0, 0.1) is 5.41 Å². The molecule has 2 rings (SSSR count). The normalized spacial score (nSPS) is 45.3. The Morgan fingerprint density at radius 2 is 2.15 bits per heavy atom. The van der Waals surface area contributed by atoms with Gasteiger partial charge >= 0.3 is 0 Å². The lowest BCUT2D eigenvalue weighted by Crippen LogP contribution is -2.40. The SMILES string of the molecule is CC12CCC(O)C=C1CCCC2O. The monoisotopic (exact) mass is 182 g/mol. The molecule has 0 amide bonds. The second-order valence-corrected chi connectivity index (χ2v) is 4.62. The van der Waals surface area contributed by atoms with Gasteiger partial charge in [0.2, 0.25) is 0 Å². The molecule has 0 saturated heterocycles. The maximum Gasteiger partial charge on any atom is 0.0724 e. The van der Waals surface area contributed by atoms with Crippen molar-refractivity contribution >= 4 is 0 Å². The lowest BCUT2D eigenvalue weighted by atomic mass is 9.64. The maximum atomic E-state index is 9.93. The highest BCUT2D eigenvalue weighted by molar-refractivity contribution is 5.22. The first-order valence-electron chi connectivity index (χ1n) is 5.20. The molecule has 3 atom stereocenters. The van der Waals surface area contributed by atoms with E-state index in [0.717, 1.165) is 32.1 Å². The molecule has 0 aliphatic heterocycles. The number of aliphatic hydroxyl groups excluding tert-OH is 2. The van der Waals surface area contributed by atoms with Crippen molar-refractivity contribution in [1.82, 2.24) is 0 Å². The molecule has 2 heteroatoms. The standard InChI is InChI=1S/C11H18O2/c1-11-6-5-9(12)7-8(11)3-2-4-10(11)13/h7,9-10,12-13H,2-6H2,1H3. The van der Waals surface area contributed by atoms with E-state index in [9.17, 15) is 10.2 Å². The van der Waals surface area contributed by atoms with Gasteiger partial charge in [0.15, 0.2) is 0 Å². The Kier molecular flexibility index (Phi) is 2.20. The van der Waals surface area contributed by atoms with Gasteiger partial charge in [-0.15, -0.1) is 0 Å². The summed E-state index contributed by atoms with van der Waals surface area (Å²) in [6.45, 7) is 2.13.